The van der Waals surface area contributed by atoms with Crippen molar-refractivity contribution in [3.8, 4) is 0 Å². The Hall–Kier alpha value is 5.26. The Morgan fingerprint density at radius 1 is 0.333 bits per heavy atom. The van der Waals surface area contributed by atoms with Crippen LogP contribution in [0.25, 0.3) is 0 Å². The Balaban J connectivity index is 0. The Labute approximate surface area is 158 Å². The van der Waals surface area contributed by atoms with Crippen molar-refractivity contribution in [2.24, 2.45) is 0 Å². The first-order valence-corrected chi connectivity index (χ1v) is 0. The van der Waals surface area contributed by atoms with Crippen molar-refractivity contribution in [1.82, 2.24) is 0 Å². The fourth-order valence-electron chi connectivity index (χ4n) is 0. The number of rotatable bonds is 0. The zero-order valence-electron chi connectivity index (χ0n) is 3.50. The second-order valence-corrected chi connectivity index (χ2v) is 0. The first-order valence-electron chi connectivity index (χ1n) is 0. The van der Waals surface area contributed by atoms with Crippen LogP contribution in [0, 0.1) is 163 Å². The maximum Gasteiger partial charge on any atom is 0 e. The van der Waals surface area contributed by atoms with E-state index in [-0.39, 0.29) is 163 Å². The molecule has 0 saturated heterocycles. The minimum Gasteiger partial charge on any atom is -0.358 e. The molecule has 0 aliphatic rings. The van der Waals surface area contributed by atoms with E-state index in [1.54, 1.807) is 0 Å². The van der Waals surface area contributed by atoms with Gasteiger partial charge in [0.1, 0.15) is 0 Å². The normalized spacial score (nSPS) is 0. The van der Waals surface area contributed by atoms with Crippen LogP contribution in [0.4, 0.5) is 0 Å². The van der Waals surface area contributed by atoms with E-state index in [0.29, 0.717) is 0 Å². The van der Waals surface area contributed by atoms with Gasteiger partial charge in [0.05, 0.1) is 0 Å². The van der Waals surface area contributed by atoms with E-state index in [0.717, 1.165) is 0 Å². The quantitative estimate of drug-likeness (QED) is 0.310. The van der Waals surface area contributed by atoms with Crippen molar-refractivity contribution < 1.29 is 156 Å². The summed E-state index contributed by atoms with van der Waals surface area (Å²) in [4.78, 5) is 0. The van der Waals surface area contributed by atoms with E-state index in [4.69, 9.17) is 0 Å². The van der Waals surface area contributed by atoms with E-state index < -0.39 is 0 Å². The molecule has 0 saturated carbocycles. The number of hydrogen-bond donors (Lipinski definition) is 0. The fourth-order valence-corrected chi connectivity index (χ4v) is 0. The first-order chi connectivity index (χ1) is 0. The fraction of sp³-hybridized carbons (Fsp3) is 0. The SMILES string of the molecule is [CH3-].[U].[U].[U].[U].[U]. The van der Waals surface area contributed by atoms with E-state index >= 15 is 0 Å². The van der Waals surface area contributed by atoms with Gasteiger partial charge in [0.15, 0.2) is 0 Å². The zero-order chi connectivity index (χ0) is 0. The predicted octanol–water partition coefficient (Wildman–Crippen LogP) is 0.450. The molecule has 0 aromatic heterocycles. The summed E-state index contributed by atoms with van der Waals surface area (Å²) in [5, 5.41) is 0. The topological polar surface area (TPSA) is 0 Å². The Bertz CT molecular complexity index is 3.90. The molecule has 0 spiro atoms. The van der Waals surface area contributed by atoms with Gasteiger partial charge in [0, 0.05) is 156 Å². The smallest absolute Gasteiger partial charge is 0 e. The third kappa shape index (κ3) is 22.8. The summed E-state index contributed by atoms with van der Waals surface area (Å²) >= 11 is 0. The molecule has 0 amide bonds. The van der Waals surface area contributed by atoms with Gasteiger partial charge in [-0.2, -0.15) is 0 Å². The molecular weight excluding hydrogens is 1200 g/mol. The summed E-state index contributed by atoms with van der Waals surface area (Å²) < 4.78 is 0. The van der Waals surface area contributed by atoms with Crippen LogP contribution < -0.4 is 0 Å². The van der Waals surface area contributed by atoms with Gasteiger partial charge in [-0.05, 0) is 0 Å². The maximum absolute atomic E-state index is 0. The summed E-state index contributed by atoms with van der Waals surface area (Å²) in [6.45, 7) is 0. The van der Waals surface area contributed by atoms with Gasteiger partial charge in [0.25, 0.3) is 0 Å². The summed E-state index contributed by atoms with van der Waals surface area (Å²) in [6, 6.07) is 0. The minimum atomic E-state index is 0. The van der Waals surface area contributed by atoms with Crippen LogP contribution in [-0.2, 0) is 0 Å². The molecule has 0 aromatic carbocycles. The number of hydrogen-bond acceptors (Lipinski definition) is 0. The van der Waals surface area contributed by atoms with Crippen molar-refractivity contribution >= 4 is 0 Å². The predicted molar refractivity (Wildman–Crippen MR) is 6.41 cm³/mol. The molecule has 0 bridgehead atoms. The molecule has 0 nitrogen and oxygen atoms in total. The van der Waals surface area contributed by atoms with Crippen LogP contribution in [0.2, 0.25) is 0 Å². The van der Waals surface area contributed by atoms with Gasteiger partial charge in [0.2, 0.25) is 0 Å². The standard InChI is InChI=1S/CH3.5U/h1H3;;;;;/q-1;;;;;. The van der Waals surface area contributed by atoms with Gasteiger partial charge >= 0.3 is 0 Å². The van der Waals surface area contributed by atoms with Crippen molar-refractivity contribution in [1.29, 1.82) is 0 Å². The Kier molecular flexibility index (Phi) is 227. The average molecular weight is 1210 g/mol. The summed E-state index contributed by atoms with van der Waals surface area (Å²) in [5.74, 6) is 0. The summed E-state index contributed by atoms with van der Waals surface area (Å²) in [6.07, 6.45) is 0. The minimum absolute atomic E-state index is 0. The molecule has 0 aliphatic carbocycles. The molecule has 6 heavy (non-hydrogen) atoms. The van der Waals surface area contributed by atoms with Gasteiger partial charge < -0.3 is 7.43 Å². The largest absolute Gasteiger partial charge is 0.358 e. The molecule has 0 fully saturated rings. The zero-order valence-corrected chi connectivity index (χ0v) is 24.3. The van der Waals surface area contributed by atoms with Crippen LogP contribution in [-0.4, -0.2) is 0 Å². The molecule has 0 radical (unpaired) electrons. The van der Waals surface area contributed by atoms with E-state index in [1.807, 2.05) is 0 Å². The molecule has 0 heterocycles. The molecule has 0 N–H and O–H groups in total. The first kappa shape index (κ1) is 42.8. The van der Waals surface area contributed by atoms with E-state index in [2.05, 4.69) is 0 Å². The van der Waals surface area contributed by atoms with Crippen LogP contribution in [0.3, 0.4) is 0 Å². The van der Waals surface area contributed by atoms with Gasteiger partial charge in [-0.15, -0.1) is 0 Å². The molecule has 0 atom stereocenters. The van der Waals surface area contributed by atoms with Crippen LogP contribution in [0.1, 0.15) is 0 Å². The molecule has 5 heteroatoms. The van der Waals surface area contributed by atoms with E-state index in [9.17, 15) is 0 Å². The average Bonchev–Trinajstić information content (AvgIpc) is 0. The second-order valence-electron chi connectivity index (χ2n) is 0. The Morgan fingerprint density at radius 3 is 0.333 bits per heavy atom. The molecular formula is CH3U5-. The van der Waals surface area contributed by atoms with Crippen molar-refractivity contribution in [3.63, 3.8) is 0 Å². The summed E-state index contributed by atoms with van der Waals surface area (Å²) in [5.41, 5.74) is 0. The van der Waals surface area contributed by atoms with Crippen molar-refractivity contribution in [2.45, 2.75) is 0 Å². The third-order valence-electron chi connectivity index (χ3n) is 0. The second kappa shape index (κ2) is 31.8. The molecule has 0 aliphatic heterocycles. The van der Waals surface area contributed by atoms with Gasteiger partial charge in [-0.1, -0.05) is 0 Å². The van der Waals surface area contributed by atoms with Crippen LogP contribution >= 0.6 is 0 Å². The maximum atomic E-state index is 0. The van der Waals surface area contributed by atoms with Crippen molar-refractivity contribution in [2.75, 3.05) is 0 Å². The molecule has 0 aromatic rings. The Morgan fingerprint density at radius 2 is 0.333 bits per heavy atom. The molecule has 28 valence electrons. The summed E-state index contributed by atoms with van der Waals surface area (Å²) in [7, 11) is 0. The van der Waals surface area contributed by atoms with E-state index in [1.165, 1.54) is 0 Å². The van der Waals surface area contributed by atoms with Crippen molar-refractivity contribution in [3.05, 3.63) is 7.43 Å². The van der Waals surface area contributed by atoms with Gasteiger partial charge in [-0.25, -0.2) is 0 Å². The van der Waals surface area contributed by atoms with Crippen LogP contribution in [0.5, 0.6) is 0 Å². The van der Waals surface area contributed by atoms with Crippen LogP contribution in [0.15, 0.2) is 0 Å². The molecule has 0 rings (SSSR count). The molecule has 0 unspecified atom stereocenters. The third-order valence-corrected chi connectivity index (χ3v) is 0. The van der Waals surface area contributed by atoms with Gasteiger partial charge in [-0.3, -0.25) is 0 Å². The monoisotopic (exact) mass is 1210 g/mol.